The molecule has 1 aromatic rings. The number of hydrogen-bond acceptors (Lipinski definition) is 7. The van der Waals surface area contributed by atoms with Crippen molar-refractivity contribution in [2.24, 2.45) is 0 Å². The summed E-state index contributed by atoms with van der Waals surface area (Å²) in [6.07, 6.45) is 0. The minimum atomic E-state index is -4.33. The number of carboxylic acids is 2. The third-order valence-corrected chi connectivity index (χ3v) is 3.68. The smallest absolute Gasteiger partial charge is 1.00 e. The zero-order chi connectivity index (χ0) is 16.8. The van der Waals surface area contributed by atoms with Gasteiger partial charge in [0.1, 0.15) is 0 Å². The second-order valence-corrected chi connectivity index (χ2v) is 5.58. The predicted octanol–water partition coefficient (Wildman–Crippen LogP) is -3.09. The van der Waals surface area contributed by atoms with Gasteiger partial charge in [0.2, 0.25) is 0 Å². The van der Waals surface area contributed by atoms with E-state index in [1.165, 1.54) is 0 Å². The van der Waals surface area contributed by atoms with Crippen LogP contribution in [0.25, 0.3) is 0 Å². The van der Waals surface area contributed by atoms with Crippen molar-refractivity contribution in [3.8, 4) is 0 Å². The van der Waals surface area contributed by atoms with Gasteiger partial charge in [0.25, 0.3) is 10.1 Å². The zero-order valence-electron chi connectivity index (χ0n) is 13.3. The maximum absolute atomic E-state index is 11.9. The molecule has 3 N–H and O–H groups in total. The predicted molar refractivity (Wildman–Crippen MR) is 72.5 cm³/mol. The molecule has 0 spiro atoms. The number of rotatable bonds is 9. The van der Waals surface area contributed by atoms with Gasteiger partial charge in [-0.1, -0.05) is 0 Å². The van der Waals surface area contributed by atoms with E-state index in [-0.39, 0.29) is 46.7 Å². The molecule has 0 saturated heterocycles. The third kappa shape index (κ3) is 6.70. The first-order valence-corrected chi connectivity index (χ1v) is 7.38. The van der Waals surface area contributed by atoms with Crippen molar-refractivity contribution in [2.45, 2.75) is 4.90 Å². The molecule has 0 heterocycles. The third-order valence-electron chi connectivity index (χ3n) is 2.39. The second-order valence-electron chi connectivity index (χ2n) is 3.97. The van der Waals surface area contributed by atoms with E-state index < -0.39 is 38.1 Å². The fourth-order valence-electron chi connectivity index (χ4n) is 1.43. The number of ether oxygens (including phenoxy) is 1. The van der Waals surface area contributed by atoms with Gasteiger partial charge < -0.3 is 21.5 Å². The van der Waals surface area contributed by atoms with Crippen LogP contribution in [0.3, 0.4) is 0 Å². The van der Waals surface area contributed by atoms with Crippen molar-refractivity contribution in [1.29, 1.82) is 0 Å². The molecule has 11 heteroatoms. The fraction of sp³-hybridized carbons (Fsp3) is 0.333. The number of hydrogen-bond donors (Lipinski definition) is 3. The van der Waals surface area contributed by atoms with Crippen LogP contribution in [0.5, 0.6) is 0 Å². The Morgan fingerprint density at radius 3 is 1.96 bits per heavy atom. The van der Waals surface area contributed by atoms with Crippen LogP contribution < -0.4 is 18.9 Å². The van der Waals surface area contributed by atoms with Gasteiger partial charge in [0.15, 0.2) is 0 Å². The van der Waals surface area contributed by atoms with E-state index in [0.717, 1.165) is 18.2 Å². The van der Waals surface area contributed by atoms with Gasteiger partial charge >= 0.3 is 30.8 Å². The molecule has 0 unspecified atom stereocenters. The average Bonchev–Trinajstić information content (AvgIpc) is 2.46. The van der Waals surface area contributed by atoms with Crippen molar-refractivity contribution >= 4 is 22.1 Å². The summed E-state index contributed by atoms with van der Waals surface area (Å²) in [6, 6.07) is 2.45. The molecule has 23 heavy (non-hydrogen) atoms. The second kappa shape index (κ2) is 9.67. The van der Waals surface area contributed by atoms with Crippen LogP contribution >= 0.6 is 0 Å². The summed E-state index contributed by atoms with van der Waals surface area (Å²) >= 11 is 0. The van der Waals surface area contributed by atoms with Gasteiger partial charge in [-0.25, -0.2) is 9.59 Å². The summed E-state index contributed by atoms with van der Waals surface area (Å²) < 4.78 is 33.2. The van der Waals surface area contributed by atoms with Crippen LogP contribution in [0.2, 0.25) is 0 Å². The topological polar surface area (TPSA) is 147 Å². The molecule has 0 aliphatic rings. The Morgan fingerprint density at radius 1 is 1.00 bits per heavy atom. The van der Waals surface area contributed by atoms with Crippen molar-refractivity contribution in [3.63, 3.8) is 0 Å². The molecule has 0 aliphatic carbocycles. The molecule has 1 rings (SSSR count). The standard InChI is InChI=1S/C12H14O9S.Li.H/c13-1-2-20-3-4-21-22(18,19)10-6-8(11(14)15)5-9(7-10)12(16)17;;/h5-7,13H,1-4H2,(H,14,15)(H,16,17);;/q;+1;-1. The first-order chi connectivity index (χ1) is 10.3. The van der Waals surface area contributed by atoms with E-state index in [9.17, 15) is 18.0 Å². The SMILES string of the molecule is O=C(O)c1cc(C(=O)O)cc(S(=O)(=O)OCCOCCO)c1.[H-].[Li+]. The molecule has 0 amide bonds. The summed E-state index contributed by atoms with van der Waals surface area (Å²) in [5.41, 5.74) is -0.975. The van der Waals surface area contributed by atoms with Crippen LogP contribution in [0.1, 0.15) is 22.1 Å². The van der Waals surface area contributed by atoms with E-state index in [1.807, 2.05) is 0 Å². The van der Waals surface area contributed by atoms with Gasteiger partial charge in [0.05, 0.1) is 42.4 Å². The van der Waals surface area contributed by atoms with Crippen LogP contribution in [0.15, 0.2) is 23.1 Å². The van der Waals surface area contributed by atoms with E-state index in [4.69, 9.17) is 20.1 Å². The normalized spacial score (nSPS) is 10.8. The fourth-order valence-corrected chi connectivity index (χ4v) is 2.39. The number of aliphatic hydroxyl groups excluding tert-OH is 1. The maximum Gasteiger partial charge on any atom is 1.00 e. The molecular formula is C12H15LiO9S. The van der Waals surface area contributed by atoms with Gasteiger partial charge in [-0.05, 0) is 18.2 Å². The van der Waals surface area contributed by atoms with Gasteiger partial charge in [0, 0.05) is 0 Å². The van der Waals surface area contributed by atoms with E-state index in [0.29, 0.717) is 0 Å². The molecular weight excluding hydrogens is 327 g/mol. The number of aliphatic hydroxyl groups is 1. The van der Waals surface area contributed by atoms with E-state index in [1.54, 1.807) is 0 Å². The van der Waals surface area contributed by atoms with Crippen molar-refractivity contribution in [1.82, 2.24) is 0 Å². The van der Waals surface area contributed by atoms with Gasteiger partial charge in [-0.15, -0.1) is 0 Å². The molecule has 124 valence electrons. The summed E-state index contributed by atoms with van der Waals surface area (Å²) in [4.78, 5) is 21.3. The molecule has 0 aromatic heterocycles. The first kappa shape index (κ1) is 21.6. The quantitative estimate of drug-likeness (QED) is 0.241. The largest absolute Gasteiger partial charge is 1.00 e. The van der Waals surface area contributed by atoms with E-state index in [2.05, 4.69) is 4.18 Å². The summed E-state index contributed by atoms with van der Waals surface area (Å²) in [6.45, 7) is -0.678. The van der Waals surface area contributed by atoms with Crippen molar-refractivity contribution in [3.05, 3.63) is 29.3 Å². The molecule has 0 aliphatic heterocycles. The molecule has 9 nitrogen and oxygen atoms in total. The Morgan fingerprint density at radius 2 is 1.52 bits per heavy atom. The van der Waals surface area contributed by atoms with E-state index >= 15 is 0 Å². The molecule has 1 aromatic carbocycles. The zero-order valence-corrected chi connectivity index (χ0v) is 13.1. The Kier molecular flexibility index (Phi) is 9.07. The number of aromatic carboxylic acids is 2. The number of carbonyl (C=O) groups is 2. The minimum absolute atomic E-state index is 0. The van der Waals surface area contributed by atoms with Gasteiger partial charge in [-0.3, -0.25) is 4.18 Å². The summed E-state index contributed by atoms with van der Waals surface area (Å²) in [7, 11) is -4.33. The Labute approximate surface area is 145 Å². The average molecular weight is 342 g/mol. The van der Waals surface area contributed by atoms with Gasteiger partial charge in [-0.2, -0.15) is 8.42 Å². The minimum Gasteiger partial charge on any atom is -1.00 e. The first-order valence-electron chi connectivity index (χ1n) is 5.97. The maximum atomic E-state index is 11.9. The molecule has 0 bridgehead atoms. The Balaban J connectivity index is 0. The molecule has 0 saturated carbocycles. The van der Waals surface area contributed by atoms with Crippen molar-refractivity contribution < 1.29 is 62.5 Å². The Hall–Kier alpha value is -1.41. The summed E-state index contributed by atoms with van der Waals surface area (Å²) in [5, 5.41) is 26.2. The molecule has 0 atom stereocenters. The Bertz CT molecular complexity index is 630. The van der Waals surface area contributed by atoms with Crippen molar-refractivity contribution in [2.75, 3.05) is 26.4 Å². The molecule has 0 radical (unpaired) electrons. The van der Waals surface area contributed by atoms with Crippen LogP contribution in [-0.2, 0) is 19.0 Å². The van der Waals surface area contributed by atoms with Crippen LogP contribution in [0.4, 0.5) is 0 Å². The number of benzene rings is 1. The number of carboxylic acid groups (broad SMARTS) is 2. The van der Waals surface area contributed by atoms with Crippen LogP contribution in [0, 0.1) is 0 Å². The summed E-state index contributed by atoms with van der Waals surface area (Å²) in [5.74, 6) is -2.93. The van der Waals surface area contributed by atoms with Crippen LogP contribution in [-0.4, -0.2) is 62.1 Å². The molecule has 0 fully saturated rings. The monoisotopic (exact) mass is 342 g/mol.